The highest BCUT2D eigenvalue weighted by atomic mass is 16.7. The van der Waals surface area contributed by atoms with E-state index < -0.39 is 5.97 Å². The number of methoxy groups -OCH3 is 1. The topological polar surface area (TPSA) is 47.9 Å². The van der Waals surface area contributed by atoms with Crippen molar-refractivity contribution in [1.29, 1.82) is 0 Å². The molecule has 0 saturated heterocycles. The van der Waals surface area contributed by atoms with Gasteiger partial charge in [-0.1, -0.05) is 19.0 Å². The van der Waals surface area contributed by atoms with E-state index in [1.54, 1.807) is 0 Å². The van der Waals surface area contributed by atoms with E-state index in [2.05, 4.69) is 28.6 Å². The molecule has 0 saturated carbocycles. The van der Waals surface area contributed by atoms with Crippen molar-refractivity contribution in [3.63, 3.8) is 0 Å². The molecule has 0 aliphatic heterocycles. The maximum atomic E-state index is 10.8. The summed E-state index contributed by atoms with van der Waals surface area (Å²) in [6.45, 7) is 5.94. The first-order valence-corrected chi connectivity index (χ1v) is 4.28. The van der Waals surface area contributed by atoms with Crippen LogP contribution in [0.3, 0.4) is 0 Å². The van der Waals surface area contributed by atoms with E-state index in [9.17, 15) is 4.79 Å². The average Bonchev–Trinajstić information content (AvgIpc) is 2.00. The Morgan fingerprint density at radius 1 is 1.46 bits per heavy atom. The van der Waals surface area contributed by atoms with Crippen molar-refractivity contribution in [2.45, 2.75) is 27.2 Å². The fourth-order valence-corrected chi connectivity index (χ4v) is 0.901. The quantitative estimate of drug-likeness (QED) is 0.373. The number of rotatable bonds is 5. The van der Waals surface area contributed by atoms with Crippen LogP contribution in [0.4, 0.5) is 0 Å². The van der Waals surface area contributed by atoms with E-state index >= 15 is 0 Å². The van der Waals surface area contributed by atoms with Gasteiger partial charge in [0, 0.05) is 7.11 Å². The van der Waals surface area contributed by atoms with E-state index in [0.717, 1.165) is 12.1 Å². The van der Waals surface area contributed by atoms with Gasteiger partial charge >= 0.3 is 5.97 Å². The van der Waals surface area contributed by atoms with Crippen LogP contribution in [0.25, 0.3) is 0 Å². The second-order valence-electron chi connectivity index (χ2n) is 3.32. The van der Waals surface area contributed by atoms with Crippen molar-refractivity contribution in [3.05, 3.63) is 0 Å². The molecule has 0 rings (SSSR count). The van der Waals surface area contributed by atoms with Gasteiger partial charge in [0.05, 0.1) is 5.71 Å². The van der Waals surface area contributed by atoms with Crippen LogP contribution < -0.4 is 0 Å². The van der Waals surface area contributed by atoms with Crippen LogP contribution in [-0.4, -0.2) is 25.4 Å². The van der Waals surface area contributed by atoms with Gasteiger partial charge in [0.15, 0.2) is 0 Å². The average molecular weight is 187 g/mol. The highest BCUT2D eigenvalue weighted by molar-refractivity contribution is 5.82. The second kappa shape index (κ2) is 6.60. The largest absolute Gasteiger partial charge is 0.373 e. The highest BCUT2D eigenvalue weighted by Gasteiger charge is 2.02. The minimum atomic E-state index is -0.467. The minimum Gasteiger partial charge on any atom is -0.373 e. The maximum absolute atomic E-state index is 10.8. The van der Waals surface area contributed by atoms with Gasteiger partial charge in [0.25, 0.3) is 0 Å². The van der Waals surface area contributed by atoms with Crippen LogP contribution in [0.15, 0.2) is 5.16 Å². The summed E-state index contributed by atoms with van der Waals surface area (Å²) in [5.74, 6) is 0.0514. The van der Waals surface area contributed by atoms with Crippen molar-refractivity contribution in [3.8, 4) is 0 Å². The summed E-state index contributed by atoms with van der Waals surface area (Å²) < 4.78 is 4.57. The number of carbonyl (C=O) groups is 1. The third-order valence-corrected chi connectivity index (χ3v) is 1.27. The lowest BCUT2D eigenvalue weighted by Crippen LogP contribution is -2.09. The standard InChI is InChI=1S/C9H17NO3/c1-7(2)5-8(3)10-13-9(11)6-12-4/h7H,5-6H2,1-4H3. The molecule has 0 aliphatic rings. The maximum Gasteiger partial charge on any atom is 0.360 e. The fraction of sp³-hybridized carbons (Fsp3) is 0.778. The lowest BCUT2D eigenvalue weighted by molar-refractivity contribution is -0.147. The zero-order chi connectivity index (χ0) is 10.3. The monoisotopic (exact) mass is 187 g/mol. The van der Waals surface area contributed by atoms with E-state index in [1.807, 2.05) is 6.92 Å². The predicted octanol–water partition coefficient (Wildman–Crippen LogP) is 1.60. The van der Waals surface area contributed by atoms with E-state index in [4.69, 9.17) is 0 Å². The first kappa shape index (κ1) is 12.1. The Morgan fingerprint density at radius 2 is 2.08 bits per heavy atom. The van der Waals surface area contributed by atoms with Gasteiger partial charge in [0.2, 0.25) is 0 Å². The molecule has 4 heteroatoms. The number of carbonyl (C=O) groups excluding carboxylic acids is 1. The van der Waals surface area contributed by atoms with Gasteiger partial charge in [0.1, 0.15) is 6.61 Å². The van der Waals surface area contributed by atoms with Crippen LogP contribution in [0.2, 0.25) is 0 Å². The molecule has 0 aliphatic carbocycles. The predicted molar refractivity (Wildman–Crippen MR) is 50.5 cm³/mol. The molecule has 4 nitrogen and oxygen atoms in total. The molecule has 0 fully saturated rings. The van der Waals surface area contributed by atoms with E-state index in [1.165, 1.54) is 7.11 Å². The fourth-order valence-electron chi connectivity index (χ4n) is 0.901. The molecule has 0 heterocycles. The Labute approximate surface area is 78.9 Å². The van der Waals surface area contributed by atoms with Gasteiger partial charge in [-0.15, -0.1) is 0 Å². The van der Waals surface area contributed by atoms with Crippen molar-refractivity contribution < 1.29 is 14.4 Å². The third-order valence-electron chi connectivity index (χ3n) is 1.27. The summed E-state index contributed by atoms with van der Waals surface area (Å²) in [5, 5.41) is 3.67. The Bertz CT molecular complexity index is 187. The molecular weight excluding hydrogens is 170 g/mol. The number of hydrogen-bond donors (Lipinski definition) is 0. The Morgan fingerprint density at radius 3 is 2.54 bits per heavy atom. The molecular formula is C9H17NO3. The zero-order valence-corrected chi connectivity index (χ0v) is 8.66. The SMILES string of the molecule is COCC(=O)ON=C(C)CC(C)C. The molecule has 0 unspecified atom stereocenters. The molecule has 76 valence electrons. The molecule has 0 amide bonds. The number of oxime groups is 1. The highest BCUT2D eigenvalue weighted by Crippen LogP contribution is 2.01. The van der Waals surface area contributed by atoms with Gasteiger partial charge < -0.3 is 9.57 Å². The molecule has 13 heavy (non-hydrogen) atoms. The molecule has 0 spiro atoms. The van der Waals surface area contributed by atoms with E-state index in [-0.39, 0.29) is 6.61 Å². The van der Waals surface area contributed by atoms with Gasteiger partial charge in [-0.3, -0.25) is 0 Å². The molecule has 0 N–H and O–H groups in total. The molecule has 0 atom stereocenters. The summed E-state index contributed by atoms with van der Waals surface area (Å²) in [4.78, 5) is 15.3. The zero-order valence-electron chi connectivity index (χ0n) is 8.66. The Balaban J connectivity index is 3.75. The number of nitrogens with zero attached hydrogens (tertiary/aromatic N) is 1. The number of ether oxygens (including phenoxy) is 1. The Hall–Kier alpha value is -0.900. The van der Waals surface area contributed by atoms with Crippen LogP contribution in [0.1, 0.15) is 27.2 Å². The smallest absolute Gasteiger partial charge is 0.360 e. The summed E-state index contributed by atoms with van der Waals surface area (Å²) in [5.41, 5.74) is 0.819. The van der Waals surface area contributed by atoms with Gasteiger partial charge in [-0.25, -0.2) is 4.79 Å². The molecule has 0 bridgehead atoms. The van der Waals surface area contributed by atoms with Crippen molar-refractivity contribution in [2.75, 3.05) is 13.7 Å². The first-order valence-electron chi connectivity index (χ1n) is 4.28. The van der Waals surface area contributed by atoms with Crippen molar-refractivity contribution in [2.24, 2.45) is 11.1 Å². The summed E-state index contributed by atoms with van der Waals surface area (Å²) in [7, 11) is 1.44. The van der Waals surface area contributed by atoms with Gasteiger partial charge in [-0.2, -0.15) is 0 Å². The Kier molecular flexibility index (Phi) is 6.14. The third kappa shape index (κ3) is 7.46. The molecule has 0 aromatic carbocycles. The molecule has 0 radical (unpaired) electrons. The van der Waals surface area contributed by atoms with Crippen LogP contribution in [0.5, 0.6) is 0 Å². The normalized spacial score (nSPS) is 11.9. The molecule has 0 aromatic heterocycles. The van der Waals surface area contributed by atoms with Crippen molar-refractivity contribution >= 4 is 11.7 Å². The molecule has 0 aromatic rings. The van der Waals surface area contributed by atoms with Crippen molar-refractivity contribution in [1.82, 2.24) is 0 Å². The number of hydrogen-bond acceptors (Lipinski definition) is 4. The summed E-state index contributed by atoms with van der Waals surface area (Å²) >= 11 is 0. The second-order valence-corrected chi connectivity index (χ2v) is 3.32. The van der Waals surface area contributed by atoms with Crippen LogP contribution in [0, 0.1) is 5.92 Å². The summed E-state index contributed by atoms with van der Waals surface area (Å²) in [6, 6.07) is 0. The minimum absolute atomic E-state index is 0.0571. The van der Waals surface area contributed by atoms with E-state index in [0.29, 0.717) is 5.92 Å². The van der Waals surface area contributed by atoms with Gasteiger partial charge in [-0.05, 0) is 19.3 Å². The van der Waals surface area contributed by atoms with Crippen LogP contribution in [-0.2, 0) is 14.4 Å². The summed E-state index contributed by atoms with van der Waals surface area (Å²) in [6.07, 6.45) is 0.834. The lowest BCUT2D eigenvalue weighted by atomic mass is 10.1. The van der Waals surface area contributed by atoms with Crippen LogP contribution >= 0.6 is 0 Å². The first-order chi connectivity index (χ1) is 6.06. The lowest BCUT2D eigenvalue weighted by Gasteiger charge is -2.02.